The molecule has 0 saturated carbocycles. The fourth-order valence-electron chi connectivity index (χ4n) is 3.83. The number of furan rings is 1. The smallest absolute Gasteiger partial charge is 0.289 e. The van der Waals surface area contributed by atoms with Crippen molar-refractivity contribution in [3.05, 3.63) is 23.7 Å². The number of nitrogens with zero attached hydrogens (tertiary/aromatic N) is 2. The summed E-state index contributed by atoms with van der Waals surface area (Å²) in [6.45, 7) is 6.31. The van der Waals surface area contributed by atoms with E-state index in [4.69, 9.17) is 9.15 Å². The van der Waals surface area contributed by atoms with E-state index in [1.54, 1.807) is 13.1 Å². The van der Waals surface area contributed by atoms with E-state index in [0.29, 0.717) is 32.1 Å². The summed E-state index contributed by atoms with van der Waals surface area (Å²) in [6.07, 6.45) is 1.93. The predicted molar refractivity (Wildman–Crippen MR) is 92.3 cm³/mol. The minimum absolute atomic E-state index is 0.00635. The SMILES string of the molecule is CNC(=O)CN1CCOCC2(CCCN(C(=O)c3ccc(C)o3)C2)C1. The zero-order valence-corrected chi connectivity index (χ0v) is 15.0. The summed E-state index contributed by atoms with van der Waals surface area (Å²) < 4.78 is 11.3. The summed E-state index contributed by atoms with van der Waals surface area (Å²) in [5.74, 6) is 1.08. The van der Waals surface area contributed by atoms with E-state index in [0.717, 1.165) is 38.2 Å². The lowest BCUT2D eigenvalue weighted by Crippen LogP contribution is -2.53. The molecule has 1 N–H and O–H groups in total. The number of aryl methyl sites for hydroxylation is 1. The zero-order valence-electron chi connectivity index (χ0n) is 15.0. The third kappa shape index (κ3) is 4.22. The van der Waals surface area contributed by atoms with Crippen LogP contribution in [0, 0.1) is 12.3 Å². The van der Waals surface area contributed by atoms with Gasteiger partial charge in [-0.15, -0.1) is 0 Å². The molecule has 1 unspecified atom stereocenters. The van der Waals surface area contributed by atoms with Crippen LogP contribution in [0.15, 0.2) is 16.5 Å². The maximum Gasteiger partial charge on any atom is 0.289 e. The molecule has 3 rings (SSSR count). The van der Waals surface area contributed by atoms with Crippen LogP contribution in [-0.4, -0.2) is 74.6 Å². The highest BCUT2D eigenvalue weighted by atomic mass is 16.5. The van der Waals surface area contributed by atoms with Crippen LogP contribution in [0.3, 0.4) is 0 Å². The van der Waals surface area contributed by atoms with E-state index in [9.17, 15) is 9.59 Å². The van der Waals surface area contributed by atoms with Crippen molar-refractivity contribution in [3.63, 3.8) is 0 Å². The van der Waals surface area contributed by atoms with Gasteiger partial charge in [-0.3, -0.25) is 14.5 Å². The monoisotopic (exact) mass is 349 g/mol. The molecule has 1 atom stereocenters. The molecule has 1 aromatic heterocycles. The molecular weight excluding hydrogens is 322 g/mol. The van der Waals surface area contributed by atoms with E-state index in [-0.39, 0.29) is 17.2 Å². The Bertz CT molecular complexity index is 630. The molecule has 3 heterocycles. The summed E-state index contributed by atoms with van der Waals surface area (Å²) in [6, 6.07) is 3.55. The quantitative estimate of drug-likeness (QED) is 0.877. The van der Waals surface area contributed by atoms with Crippen molar-refractivity contribution in [2.75, 3.05) is 53.0 Å². The van der Waals surface area contributed by atoms with Gasteiger partial charge in [0, 0.05) is 38.6 Å². The van der Waals surface area contributed by atoms with Crippen molar-refractivity contribution in [2.45, 2.75) is 19.8 Å². The van der Waals surface area contributed by atoms with Gasteiger partial charge in [0.15, 0.2) is 5.76 Å². The first-order chi connectivity index (χ1) is 12.0. The Morgan fingerprint density at radius 3 is 2.84 bits per heavy atom. The summed E-state index contributed by atoms with van der Waals surface area (Å²) >= 11 is 0. The van der Waals surface area contributed by atoms with Crippen molar-refractivity contribution in [1.29, 1.82) is 0 Å². The fourth-order valence-corrected chi connectivity index (χ4v) is 3.83. The van der Waals surface area contributed by atoms with Crippen LogP contribution in [0.5, 0.6) is 0 Å². The van der Waals surface area contributed by atoms with Crippen LogP contribution < -0.4 is 5.32 Å². The Morgan fingerprint density at radius 1 is 1.28 bits per heavy atom. The molecule has 138 valence electrons. The number of rotatable bonds is 3. The molecule has 2 aliphatic heterocycles. The normalized spacial score (nSPS) is 25.0. The van der Waals surface area contributed by atoms with E-state index in [2.05, 4.69) is 10.2 Å². The van der Waals surface area contributed by atoms with E-state index < -0.39 is 0 Å². The third-order valence-corrected chi connectivity index (χ3v) is 5.06. The van der Waals surface area contributed by atoms with Crippen molar-refractivity contribution in [3.8, 4) is 0 Å². The Morgan fingerprint density at radius 2 is 2.12 bits per heavy atom. The lowest BCUT2D eigenvalue weighted by Gasteiger charge is -2.43. The van der Waals surface area contributed by atoms with Gasteiger partial charge < -0.3 is 19.4 Å². The van der Waals surface area contributed by atoms with Gasteiger partial charge in [-0.25, -0.2) is 0 Å². The summed E-state index contributed by atoms with van der Waals surface area (Å²) in [5, 5.41) is 2.68. The standard InChI is InChI=1S/C18H27N3O4/c1-14-4-5-15(25-14)17(23)21-7-3-6-18(12-21)11-20(8-9-24-13-18)10-16(22)19-2/h4-5H,3,6-13H2,1-2H3,(H,19,22). The van der Waals surface area contributed by atoms with Crippen LogP contribution in [0.1, 0.15) is 29.2 Å². The second-order valence-corrected chi connectivity index (χ2v) is 7.18. The van der Waals surface area contributed by atoms with Gasteiger partial charge in [-0.1, -0.05) is 0 Å². The molecule has 1 spiro atoms. The van der Waals surface area contributed by atoms with Gasteiger partial charge in [-0.05, 0) is 31.9 Å². The molecule has 7 nitrogen and oxygen atoms in total. The van der Waals surface area contributed by atoms with Crippen molar-refractivity contribution in [1.82, 2.24) is 15.1 Å². The number of hydrogen-bond acceptors (Lipinski definition) is 5. The first-order valence-electron chi connectivity index (χ1n) is 8.88. The van der Waals surface area contributed by atoms with Crippen molar-refractivity contribution in [2.24, 2.45) is 5.41 Å². The number of amides is 2. The summed E-state index contributed by atoms with van der Waals surface area (Å²) in [5.41, 5.74) is -0.125. The zero-order chi connectivity index (χ0) is 17.9. The lowest BCUT2D eigenvalue weighted by atomic mass is 9.80. The maximum absolute atomic E-state index is 12.7. The Balaban J connectivity index is 1.71. The topological polar surface area (TPSA) is 75.0 Å². The molecule has 7 heteroatoms. The molecule has 0 radical (unpaired) electrons. The molecule has 0 aromatic carbocycles. The molecule has 1 aromatic rings. The van der Waals surface area contributed by atoms with Gasteiger partial charge in [0.05, 0.1) is 19.8 Å². The molecule has 0 bridgehead atoms. The maximum atomic E-state index is 12.7. The van der Waals surface area contributed by atoms with Crippen LogP contribution in [-0.2, 0) is 9.53 Å². The number of carbonyl (C=O) groups is 2. The Hall–Kier alpha value is -1.86. The molecule has 2 fully saturated rings. The van der Waals surface area contributed by atoms with E-state index in [1.165, 1.54) is 0 Å². The van der Waals surface area contributed by atoms with Gasteiger partial charge in [0.1, 0.15) is 5.76 Å². The highest BCUT2D eigenvalue weighted by Gasteiger charge is 2.41. The minimum Gasteiger partial charge on any atom is -0.456 e. The number of likely N-dealkylation sites (N-methyl/N-ethyl adjacent to an activating group) is 1. The Labute approximate surface area is 148 Å². The fraction of sp³-hybridized carbons (Fsp3) is 0.667. The number of likely N-dealkylation sites (tertiary alicyclic amines) is 1. The van der Waals surface area contributed by atoms with Crippen LogP contribution in [0.4, 0.5) is 0 Å². The number of carbonyl (C=O) groups excluding carboxylic acids is 2. The van der Waals surface area contributed by atoms with Gasteiger partial charge in [-0.2, -0.15) is 0 Å². The first kappa shape index (κ1) is 17.9. The average molecular weight is 349 g/mol. The molecule has 2 saturated heterocycles. The number of ether oxygens (including phenoxy) is 1. The summed E-state index contributed by atoms with van der Waals surface area (Å²) in [4.78, 5) is 28.5. The molecular formula is C18H27N3O4. The lowest BCUT2D eigenvalue weighted by molar-refractivity contribution is -0.122. The number of nitrogens with one attached hydrogen (secondary N) is 1. The first-order valence-corrected chi connectivity index (χ1v) is 8.88. The Kier molecular flexibility index (Phi) is 5.44. The van der Waals surface area contributed by atoms with E-state index in [1.807, 2.05) is 17.9 Å². The average Bonchev–Trinajstić information content (AvgIpc) is 2.95. The van der Waals surface area contributed by atoms with Gasteiger partial charge >= 0.3 is 0 Å². The minimum atomic E-state index is -0.125. The van der Waals surface area contributed by atoms with Gasteiger partial charge in [0.2, 0.25) is 5.91 Å². The molecule has 25 heavy (non-hydrogen) atoms. The number of piperidine rings is 1. The molecule has 0 aliphatic carbocycles. The number of hydrogen-bond donors (Lipinski definition) is 1. The second kappa shape index (κ2) is 7.58. The largest absolute Gasteiger partial charge is 0.456 e. The van der Waals surface area contributed by atoms with Crippen molar-refractivity contribution >= 4 is 11.8 Å². The van der Waals surface area contributed by atoms with Gasteiger partial charge in [0.25, 0.3) is 5.91 Å². The van der Waals surface area contributed by atoms with E-state index >= 15 is 0 Å². The van der Waals surface area contributed by atoms with Crippen LogP contribution in [0.25, 0.3) is 0 Å². The highest BCUT2D eigenvalue weighted by molar-refractivity contribution is 5.91. The van der Waals surface area contributed by atoms with Crippen LogP contribution >= 0.6 is 0 Å². The third-order valence-electron chi connectivity index (χ3n) is 5.06. The van der Waals surface area contributed by atoms with Crippen LogP contribution in [0.2, 0.25) is 0 Å². The summed E-state index contributed by atoms with van der Waals surface area (Å²) in [7, 11) is 1.65. The second-order valence-electron chi connectivity index (χ2n) is 7.18. The van der Waals surface area contributed by atoms with Crippen molar-refractivity contribution < 1.29 is 18.7 Å². The molecule has 2 aliphatic rings. The molecule has 2 amide bonds. The highest BCUT2D eigenvalue weighted by Crippen LogP contribution is 2.33. The predicted octanol–water partition coefficient (Wildman–Crippen LogP) is 0.889.